The van der Waals surface area contributed by atoms with E-state index in [-0.39, 0.29) is 0 Å². The highest BCUT2D eigenvalue weighted by molar-refractivity contribution is 5.34. The van der Waals surface area contributed by atoms with E-state index >= 15 is 0 Å². The average Bonchev–Trinajstić information content (AvgIpc) is 2.90. The summed E-state index contributed by atoms with van der Waals surface area (Å²) in [6.45, 7) is 4.83. The van der Waals surface area contributed by atoms with Crippen molar-refractivity contribution in [1.29, 1.82) is 0 Å². The van der Waals surface area contributed by atoms with Gasteiger partial charge in [-0.3, -0.25) is 0 Å². The van der Waals surface area contributed by atoms with Gasteiger partial charge in [0, 0.05) is 6.42 Å². The van der Waals surface area contributed by atoms with E-state index in [9.17, 15) is 0 Å². The molecular formula is C21H30O. The van der Waals surface area contributed by atoms with Crippen molar-refractivity contribution in [3.8, 4) is 0 Å². The number of ether oxygens (including phenoxy) is 1. The van der Waals surface area contributed by atoms with E-state index in [0.29, 0.717) is 5.41 Å². The third kappa shape index (κ3) is 1.97. The van der Waals surface area contributed by atoms with Crippen molar-refractivity contribution in [2.45, 2.75) is 65.2 Å². The maximum Gasteiger partial charge on any atom is 0.0959 e. The number of allylic oxidation sites excluding steroid dienone is 5. The van der Waals surface area contributed by atoms with Crippen molar-refractivity contribution in [3.05, 3.63) is 34.6 Å². The van der Waals surface area contributed by atoms with Gasteiger partial charge in [0.2, 0.25) is 0 Å². The zero-order valence-corrected chi connectivity index (χ0v) is 14.5. The largest absolute Gasteiger partial charge is 0.501 e. The van der Waals surface area contributed by atoms with Crippen molar-refractivity contribution >= 4 is 0 Å². The van der Waals surface area contributed by atoms with Gasteiger partial charge < -0.3 is 4.74 Å². The van der Waals surface area contributed by atoms with Crippen LogP contribution in [0.5, 0.6) is 0 Å². The monoisotopic (exact) mass is 298 g/mol. The van der Waals surface area contributed by atoms with Crippen LogP contribution in [0.1, 0.15) is 65.2 Å². The Morgan fingerprint density at radius 1 is 1.23 bits per heavy atom. The Balaban J connectivity index is 1.62. The average molecular weight is 298 g/mol. The summed E-state index contributed by atoms with van der Waals surface area (Å²) in [5.74, 6) is 3.98. The van der Waals surface area contributed by atoms with Crippen molar-refractivity contribution in [2.24, 2.45) is 23.2 Å². The van der Waals surface area contributed by atoms with E-state index in [1.807, 2.05) is 12.7 Å². The maximum absolute atomic E-state index is 5.51. The quantitative estimate of drug-likeness (QED) is 0.557. The summed E-state index contributed by atoms with van der Waals surface area (Å²) < 4.78 is 5.51. The molecular weight excluding hydrogens is 268 g/mol. The first kappa shape index (κ1) is 14.6. The van der Waals surface area contributed by atoms with Crippen molar-refractivity contribution < 1.29 is 4.74 Å². The highest BCUT2D eigenvalue weighted by Crippen LogP contribution is 2.62. The Hall–Kier alpha value is -0.980. The fraction of sp³-hybridized carbons (Fsp3) is 0.714. The third-order valence-electron chi connectivity index (χ3n) is 7.51. The molecule has 0 aliphatic heterocycles. The normalized spacial score (nSPS) is 42.6. The van der Waals surface area contributed by atoms with Crippen LogP contribution in [-0.2, 0) is 4.74 Å². The lowest BCUT2D eigenvalue weighted by Crippen LogP contribution is -2.41. The van der Waals surface area contributed by atoms with Crippen LogP contribution >= 0.6 is 0 Å². The lowest BCUT2D eigenvalue weighted by Gasteiger charge is -2.50. The second-order valence-electron chi connectivity index (χ2n) is 8.11. The smallest absolute Gasteiger partial charge is 0.0959 e. The van der Waals surface area contributed by atoms with E-state index in [4.69, 9.17) is 4.74 Å². The van der Waals surface area contributed by atoms with Gasteiger partial charge in [0.15, 0.2) is 0 Å². The first-order chi connectivity index (χ1) is 10.7. The molecule has 0 spiro atoms. The summed E-state index contributed by atoms with van der Waals surface area (Å²) in [6.07, 6.45) is 15.4. The van der Waals surface area contributed by atoms with Crippen LogP contribution in [-0.4, -0.2) is 7.11 Å². The molecule has 1 heteroatoms. The minimum atomic E-state index is 0.524. The van der Waals surface area contributed by atoms with E-state index < -0.39 is 0 Å². The second kappa shape index (κ2) is 5.28. The summed E-state index contributed by atoms with van der Waals surface area (Å²) in [5.41, 5.74) is 5.83. The Morgan fingerprint density at radius 2 is 2.09 bits per heavy atom. The zero-order chi connectivity index (χ0) is 15.3. The van der Waals surface area contributed by atoms with Crippen LogP contribution < -0.4 is 0 Å². The summed E-state index contributed by atoms with van der Waals surface area (Å²) in [4.78, 5) is 0. The van der Waals surface area contributed by atoms with Crippen molar-refractivity contribution in [1.82, 2.24) is 0 Å². The molecule has 4 aliphatic carbocycles. The summed E-state index contributed by atoms with van der Waals surface area (Å²) in [7, 11) is 1.83. The van der Waals surface area contributed by atoms with Crippen LogP contribution in [0.4, 0.5) is 0 Å². The van der Waals surface area contributed by atoms with Gasteiger partial charge in [0.1, 0.15) is 0 Å². The maximum atomic E-state index is 5.51. The van der Waals surface area contributed by atoms with Crippen LogP contribution in [0.15, 0.2) is 34.6 Å². The predicted molar refractivity (Wildman–Crippen MR) is 91.4 cm³/mol. The molecule has 0 amide bonds. The molecule has 2 saturated carbocycles. The summed E-state index contributed by atoms with van der Waals surface area (Å²) >= 11 is 0. The number of fused-ring (bicyclic) bond motifs is 4. The fourth-order valence-corrected chi connectivity index (χ4v) is 6.37. The SMILES string of the molecule is CC=C1CCC2C3CCC4=C(CC=C(OC)C4)C3CC[C@]12C. The van der Waals surface area contributed by atoms with E-state index in [0.717, 1.165) is 24.2 Å². The number of hydrogen-bond donors (Lipinski definition) is 0. The van der Waals surface area contributed by atoms with Gasteiger partial charge in [-0.2, -0.15) is 0 Å². The van der Waals surface area contributed by atoms with Gasteiger partial charge in [-0.1, -0.05) is 29.7 Å². The number of rotatable bonds is 1. The van der Waals surface area contributed by atoms with E-state index in [1.165, 1.54) is 50.7 Å². The molecule has 0 aromatic heterocycles. The minimum absolute atomic E-state index is 0.524. The molecule has 0 radical (unpaired) electrons. The van der Waals surface area contributed by atoms with Gasteiger partial charge in [-0.15, -0.1) is 0 Å². The summed E-state index contributed by atoms with van der Waals surface area (Å²) in [6, 6.07) is 0. The van der Waals surface area contributed by atoms with Crippen LogP contribution in [0.3, 0.4) is 0 Å². The zero-order valence-electron chi connectivity index (χ0n) is 14.5. The molecule has 0 N–H and O–H groups in total. The molecule has 0 bridgehead atoms. The molecule has 3 unspecified atom stereocenters. The Bertz CT molecular complexity index is 564. The molecule has 22 heavy (non-hydrogen) atoms. The van der Waals surface area contributed by atoms with Gasteiger partial charge in [0.05, 0.1) is 12.9 Å². The van der Waals surface area contributed by atoms with Crippen molar-refractivity contribution in [3.63, 3.8) is 0 Å². The number of hydrogen-bond acceptors (Lipinski definition) is 1. The van der Waals surface area contributed by atoms with Gasteiger partial charge in [0.25, 0.3) is 0 Å². The first-order valence-electron chi connectivity index (χ1n) is 9.27. The third-order valence-corrected chi connectivity index (χ3v) is 7.51. The second-order valence-corrected chi connectivity index (χ2v) is 8.11. The molecule has 1 nitrogen and oxygen atoms in total. The Morgan fingerprint density at radius 3 is 2.86 bits per heavy atom. The lowest BCUT2D eigenvalue weighted by molar-refractivity contribution is 0.0616. The summed E-state index contributed by atoms with van der Waals surface area (Å²) in [5, 5.41) is 0. The highest BCUT2D eigenvalue weighted by atomic mass is 16.5. The molecule has 0 aromatic rings. The van der Waals surface area contributed by atoms with Crippen LogP contribution in [0.2, 0.25) is 0 Å². The minimum Gasteiger partial charge on any atom is -0.501 e. The highest BCUT2D eigenvalue weighted by Gasteiger charge is 2.52. The molecule has 120 valence electrons. The number of methoxy groups -OCH3 is 1. The standard InChI is InChI=1S/C21H30O/c1-4-15-6-10-20-19-8-5-14-13-16(22-3)7-9-17(14)18(19)11-12-21(15,20)2/h4,7,18-20H,5-6,8-13H2,1-3H3/t18?,19?,20?,21-/m1/s1. The first-order valence-corrected chi connectivity index (χ1v) is 9.27. The van der Waals surface area contributed by atoms with Crippen LogP contribution in [0, 0.1) is 23.2 Å². The molecule has 4 rings (SSSR count). The molecule has 0 saturated heterocycles. The molecule has 0 heterocycles. The van der Waals surface area contributed by atoms with Crippen molar-refractivity contribution in [2.75, 3.05) is 7.11 Å². The Kier molecular flexibility index (Phi) is 3.51. The predicted octanol–water partition coefficient (Wildman–Crippen LogP) is 5.79. The molecule has 2 fully saturated rings. The van der Waals surface area contributed by atoms with Gasteiger partial charge >= 0.3 is 0 Å². The van der Waals surface area contributed by atoms with E-state index in [2.05, 4.69) is 26.0 Å². The van der Waals surface area contributed by atoms with Gasteiger partial charge in [-0.05, 0) is 81.1 Å². The lowest BCUT2D eigenvalue weighted by atomic mass is 9.54. The topological polar surface area (TPSA) is 9.23 Å². The Labute approximate surface area is 135 Å². The molecule has 0 aromatic carbocycles. The molecule has 4 aliphatic rings. The van der Waals surface area contributed by atoms with Gasteiger partial charge in [-0.25, -0.2) is 0 Å². The van der Waals surface area contributed by atoms with E-state index in [1.54, 1.807) is 11.1 Å². The molecule has 4 atom stereocenters. The van der Waals surface area contributed by atoms with Crippen LogP contribution in [0.25, 0.3) is 0 Å². The fourth-order valence-electron chi connectivity index (χ4n) is 6.37.